The van der Waals surface area contributed by atoms with E-state index in [0.717, 1.165) is 51.3 Å². The molecule has 5 nitrogen and oxygen atoms in total. The van der Waals surface area contributed by atoms with Gasteiger partial charge in [0.15, 0.2) is 0 Å². The minimum atomic E-state index is -0.0755. The van der Waals surface area contributed by atoms with Gasteiger partial charge in [0.25, 0.3) is 0 Å². The number of esters is 1. The Morgan fingerprint density at radius 1 is 1.13 bits per heavy atom. The maximum Gasteiger partial charge on any atom is 0.305 e. The zero-order chi connectivity index (χ0) is 16.5. The summed E-state index contributed by atoms with van der Waals surface area (Å²) in [5.74, 6) is 0.865. The summed E-state index contributed by atoms with van der Waals surface area (Å²) in [4.78, 5) is 16.2. The highest BCUT2D eigenvalue weighted by atomic mass is 16.5. The molecule has 0 bridgehead atoms. The van der Waals surface area contributed by atoms with Gasteiger partial charge >= 0.3 is 5.97 Å². The number of para-hydroxylation sites is 2. The van der Waals surface area contributed by atoms with E-state index >= 15 is 0 Å². The highest BCUT2D eigenvalue weighted by molar-refractivity contribution is 5.69. The topological polar surface area (TPSA) is 42.0 Å². The molecule has 0 saturated carbocycles. The molecule has 128 valence electrons. The van der Waals surface area contributed by atoms with Gasteiger partial charge in [-0.1, -0.05) is 12.1 Å². The molecule has 0 spiro atoms. The Morgan fingerprint density at radius 3 is 2.57 bits per heavy atom. The van der Waals surface area contributed by atoms with Gasteiger partial charge in [-0.05, 0) is 38.4 Å². The molecule has 1 heterocycles. The fourth-order valence-electron chi connectivity index (χ4n) is 2.94. The lowest BCUT2D eigenvalue weighted by Crippen LogP contribution is -2.46. The number of rotatable bonds is 8. The lowest BCUT2D eigenvalue weighted by Gasteiger charge is -2.36. The number of ether oxygens (including phenoxy) is 2. The van der Waals surface area contributed by atoms with Gasteiger partial charge in [0.1, 0.15) is 5.75 Å². The minimum absolute atomic E-state index is 0.0755. The van der Waals surface area contributed by atoms with E-state index in [2.05, 4.69) is 21.9 Å². The summed E-state index contributed by atoms with van der Waals surface area (Å²) < 4.78 is 10.4. The Morgan fingerprint density at radius 2 is 1.87 bits per heavy atom. The first kappa shape index (κ1) is 17.6. The van der Waals surface area contributed by atoms with E-state index in [1.807, 2.05) is 19.1 Å². The Bertz CT molecular complexity index is 485. The van der Waals surface area contributed by atoms with Crippen LogP contribution in [0.5, 0.6) is 5.75 Å². The van der Waals surface area contributed by atoms with E-state index in [4.69, 9.17) is 9.47 Å². The van der Waals surface area contributed by atoms with E-state index < -0.39 is 0 Å². The van der Waals surface area contributed by atoms with Crippen LogP contribution < -0.4 is 9.64 Å². The first-order valence-corrected chi connectivity index (χ1v) is 8.50. The van der Waals surface area contributed by atoms with Crippen molar-refractivity contribution in [1.29, 1.82) is 0 Å². The number of benzene rings is 1. The van der Waals surface area contributed by atoms with Gasteiger partial charge in [0.2, 0.25) is 0 Å². The fraction of sp³-hybridized carbons (Fsp3) is 0.611. The smallest absolute Gasteiger partial charge is 0.305 e. The van der Waals surface area contributed by atoms with Crippen LogP contribution in [0, 0.1) is 0 Å². The highest BCUT2D eigenvalue weighted by Gasteiger charge is 2.19. The van der Waals surface area contributed by atoms with Crippen LogP contribution in [0.15, 0.2) is 24.3 Å². The molecular formula is C18H28N2O3. The molecule has 0 atom stereocenters. The minimum Gasteiger partial charge on any atom is -0.495 e. The second-order valence-electron chi connectivity index (χ2n) is 5.76. The van der Waals surface area contributed by atoms with Gasteiger partial charge in [-0.25, -0.2) is 0 Å². The van der Waals surface area contributed by atoms with Crippen LogP contribution in [0.2, 0.25) is 0 Å². The second kappa shape index (κ2) is 9.40. The van der Waals surface area contributed by atoms with E-state index in [-0.39, 0.29) is 5.97 Å². The Balaban J connectivity index is 1.69. The first-order chi connectivity index (χ1) is 11.2. The summed E-state index contributed by atoms with van der Waals surface area (Å²) in [6, 6.07) is 8.19. The van der Waals surface area contributed by atoms with Gasteiger partial charge in [-0.2, -0.15) is 0 Å². The summed E-state index contributed by atoms with van der Waals surface area (Å²) in [6.45, 7) is 7.51. The van der Waals surface area contributed by atoms with Crippen LogP contribution in [-0.4, -0.2) is 57.3 Å². The molecule has 0 aliphatic carbocycles. The van der Waals surface area contributed by atoms with E-state index in [0.29, 0.717) is 13.0 Å². The van der Waals surface area contributed by atoms with Crippen molar-refractivity contribution in [2.45, 2.75) is 26.2 Å². The van der Waals surface area contributed by atoms with Gasteiger partial charge < -0.3 is 14.4 Å². The summed E-state index contributed by atoms with van der Waals surface area (Å²) in [6.07, 6.45) is 2.49. The largest absolute Gasteiger partial charge is 0.495 e. The Kier molecular flexibility index (Phi) is 7.20. The van der Waals surface area contributed by atoms with Crippen molar-refractivity contribution >= 4 is 11.7 Å². The zero-order valence-electron chi connectivity index (χ0n) is 14.3. The predicted molar refractivity (Wildman–Crippen MR) is 92.1 cm³/mol. The molecule has 0 N–H and O–H groups in total. The molecule has 0 radical (unpaired) electrons. The van der Waals surface area contributed by atoms with Gasteiger partial charge in [0, 0.05) is 32.6 Å². The second-order valence-corrected chi connectivity index (χ2v) is 5.76. The quantitative estimate of drug-likeness (QED) is 0.544. The van der Waals surface area contributed by atoms with Crippen molar-refractivity contribution in [1.82, 2.24) is 4.90 Å². The van der Waals surface area contributed by atoms with Crippen LogP contribution in [0.1, 0.15) is 26.2 Å². The molecule has 23 heavy (non-hydrogen) atoms. The fourth-order valence-corrected chi connectivity index (χ4v) is 2.94. The number of hydrogen-bond acceptors (Lipinski definition) is 5. The van der Waals surface area contributed by atoms with E-state index in [9.17, 15) is 4.79 Å². The van der Waals surface area contributed by atoms with Gasteiger partial charge in [-0.3, -0.25) is 9.69 Å². The van der Waals surface area contributed by atoms with Crippen LogP contribution >= 0.6 is 0 Å². The summed E-state index contributed by atoms with van der Waals surface area (Å²) in [5.41, 5.74) is 1.18. The van der Waals surface area contributed by atoms with Crippen molar-refractivity contribution in [3.05, 3.63) is 24.3 Å². The lowest BCUT2D eigenvalue weighted by atomic mass is 10.2. The summed E-state index contributed by atoms with van der Waals surface area (Å²) in [7, 11) is 1.72. The molecule has 1 aliphatic heterocycles. The van der Waals surface area contributed by atoms with Crippen LogP contribution in [0.25, 0.3) is 0 Å². The molecule has 0 amide bonds. The molecule has 0 unspecified atom stereocenters. The highest BCUT2D eigenvalue weighted by Crippen LogP contribution is 2.28. The summed E-state index contributed by atoms with van der Waals surface area (Å²) in [5, 5.41) is 0. The molecule has 2 rings (SSSR count). The maximum atomic E-state index is 11.3. The van der Waals surface area contributed by atoms with Crippen molar-refractivity contribution in [3.63, 3.8) is 0 Å². The number of anilines is 1. The number of methoxy groups -OCH3 is 1. The lowest BCUT2D eigenvalue weighted by molar-refractivity contribution is -0.143. The van der Waals surface area contributed by atoms with Gasteiger partial charge in [-0.15, -0.1) is 0 Å². The third kappa shape index (κ3) is 5.43. The third-order valence-electron chi connectivity index (χ3n) is 4.21. The number of nitrogens with zero attached hydrogens (tertiary/aromatic N) is 2. The maximum absolute atomic E-state index is 11.3. The molecule has 0 aromatic heterocycles. The molecule has 1 aromatic rings. The normalized spacial score (nSPS) is 15.5. The average Bonchev–Trinajstić information content (AvgIpc) is 2.59. The Hall–Kier alpha value is -1.75. The van der Waals surface area contributed by atoms with Crippen LogP contribution in [-0.2, 0) is 9.53 Å². The summed E-state index contributed by atoms with van der Waals surface area (Å²) >= 11 is 0. The third-order valence-corrected chi connectivity index (χ3v) is 4.21. The molecule has 1 aromatic carbocycles. The number of piperazine rings is 1. The predicted octanol–water partition coefficient (Wildman–Crippen LogP) is 2.55. The number of carbonyl (C=O) groups is 1. The van der Waals surface area contributed by atoms with Crippen molar-refractivity contribution in [3.8, 4) is 5.75 Å². The van der Waals surface area contributed by atoms with Crippen molar-refractivity contribution < 1.29 is 14.3 Å². The molecule has 1 aliphatic rings. The standard InChI is InChI=1S/C18H28N2O3/c1-3-23-18(21)10-6-7-11-19-12-14-20(15-13-19)16-8-4-5-9-17(16)22-2/h4-5,8-9H,3,6-7,10-15H2,1-2H3. The Labute approximate surface area is 139 Å². The molecule has 5 heteroatoms. The van der Waals surface area contributed by atoms with E-state index in [1.54, 1.807) is 7.11 Å². The molecule has 1 fully saturated rings. The van der Waals surface area contributed by atoms with Crippen LogP contribution in [0.3, 0.4) is 0 Å². The zero-order valence-corrected chi connectivity index (χ0v) is 14.3. The number of hydrogen-bond donors (Lipinski definition) is 0. The molecule has 1 saturated heterocycles. The van der Waals surface area contributed by atoms with E-state index in [1.165, 1.54) is 5.69 Å². The first-order valence-electron chi connectivity index (χ1n) is 8.50. The van der Waals surface area contributed by atoms with Crippen LogP contribution in [0.4, 0.5) is 5.69 Å². The average molecular weight is 320 g/mol. The SMILES string of the molecule is CCOC(=O)CCCCN1CCN(c2ccccc2OC)CC1. The number of unbranched alkanes of at least 4 members (excludes halogenated alkanes) is 1. The van der Waals surface area contributed by atoms with Gasteiger partial charge in [0.05, 0.1) is 19.4 Å². The van der Waals surface area contributed by atoms with Crippen molar-refractivity contribution in [2.24, 2.45) is 0 Å². The molecular weight excluding hydrogens is 292 g/mol. The monoisotopic (exact) mass is 320 g/mol. The van der Waals surface area contributed by atoms with Crippen molar-refractivity contribution in [2.75, 3.05) is 51.3 Å². The number of carbonyl (C=O) groups excluding carboxylic acids is 1.